The first kappa shape index (κ1) is 18.9. The van der Waals surface area contributed by atoms with Gasteiger partial charge in [0.2, 0.25) is 11.8 Å². The third-order valence-corrected chi connectivity index (χ3v) is 3.06. The topological polar surface area (TPSA) is 59.1 Å². The van der Waals surface area contributed by atoms with Crippen LogP contribution in [0.5, 0.6) is 0 Å². The normalized spacial score (nSPS) is 10.4. The molecule has 0 N–H and O–H groups in total. The van der Waals surface area contributed by atoms with Crippen molar-refractivity contribution in [3.8, 4) is 0 Å². The van der Waals surface area contributed by atoms with E-state index in [1.807, 2.05) is 27.7 Å². The molecule has 0 saturated carbocycles. The van der Waals surface area contributed by atoms with Gasteiger partial charge in [-0.05, 0) is 27.7 Å². The van der Waals surface area contributed by atoms with Crippen LogP contribution in [0.25, 0.3) is 0 Å². The van der Waals surface area contributed by atoms with Crippen molar-refractivity contribution in [1.82, 2.24) is 9.80 Å². The maximum atomic E-state index is 11.6. The number of ether oxygens (including phenoxy) is 2. The van der Waals surface area contributed by atoms with E-state index in [0.29, 0.717) is 39.4 Å². The molecule has 6 nitrogen and oxygen atoms in total. The van der Waals surface area contributed by atoms with E-state index in [1.54, 1.807) is 9.80 Å². The van der Waals surface area contributed by atoms with Crippen LogP contribution in [-0.2, 0) is 19.1 Å². The van der Waals surface area contributed by atoms with Gasteiger partial charge in [-0.3, -0.25) is 9.59 Å². The Bertz CT molecular complexity index is 248. The second-order valence-corrected chi connectivity index (χ2v) is 4.24. The third-order valence-electron chi connectivity index (χ3n) is 3.06. The molecule has 0 spiro atoms. The number of rotatable bonds is 11. The highest BCUT2D eigenvalue weighted by atomic mass is 16.5. The number of amides is 2. The van der Waals surface area contributed by atoms with Crippen molar-refractivity contribution in [2.45, 2.75) is 27.7 Å². The summed E-state index contributed by atoms with van der Waals surface area (Å²) >= 11 is 0. The van der Waals surface area contributed by atoms with Gasteiger partial charge in [0, 0.05) is 26.2 Å². The average Bonchev–Trinajstić information content (AvgIpc) is 2.45. The second-order valence-electron chi connectivity index (χ2n) is 4.24. The summed E-state index contributed by atoms with van der Waals surface area (Å²) in [5, 5.41) is 0. The molecule has 0 rings (SSSR count). The number of carbonyl (C=O) groups is 2. The second kappa shape index (κ2) is 11.7. The molecule has 0 aromatic heterocycles. The first-order valence-electron chi connectivity index (χ1n) is 7.31. The van der Waals surface area contributed by atoms with Gasteiger partial charge >= 0.3 is 0 Å². The van der Waals surface area contributed by atoms with E-state index in [-0.39, 0.29) is 25.0 Å². The van der Waals surface area contributed by atoms with Crippen LogP contribution >= 0.6 is 0 Å². The van der Waals surface area contributed by atoms with Gasteiger partial charge in [0.25, 0.3) is 0 Å². The lowest BCUT2D eigenvalue weighted by Gasteiger charge is -2.19. The summed E-state index contributed by atoms with van der Waals surface area (Å²) in [6, 6.07) is 0. The van der Waals surface area contributed by atoms with Crippen LogP contribution < -0.4 is 0 Å². The summed E-state index contributed by atoms with van der Waals surface area (Å²) in [7, 11) is 0. The zero-order valence-electron chi connectivity index (χ0n) is 13.2. The summed E-state index contributed by atoms with van der Waals surface area (Å²) in [5.74, 6) is -0.0385. The highest BCUT2D eigenvalue weighted by Gasteiger charge is 2.10. The van der Waals surface area contributed by atoms with Crippen molar-refractivity contribution in [1.29, 1.82) is 0 Å². The van der Waals surface area contributed by atoms with Crippen LogP contribution in [0, 0.1) is 0 Å². The Morgan fingerprint density at radius 2 is 1.00 bits per heavy atom. The molecule has 0 bridgehead atoms. The largest absolute Gasteiger partial charge is 0.369 e. The van der Waals surface area contributed by atoms with Gasteiger partial charge in [0.15, 0.2) is 0 Å². The first-order valence-corrected chi connectivity index (χ1v) is 7.31. The van der Waals surface area contributed by atoms with Gasteiger partial charge in [-0.1, -0.05) is 0 Å². The molecule has 0 atom stereocenters. The fourth-order valence-electron chi connectivity index (χ4n) is 1.77. The minimum atomic E-state index is -0.0192. The van der Waals surface area contributed by atoms with Gasteiger partial charge in [-0.15, -0.1) is 0 Å². The lowest BCUT2D eigenvalue weighted by atomic mass is 10.4. The fraction of sp³-hybridized carbons (Fsp3) is 0.857. The maximum Gasteiger partial charge on any atom is 0.248 e. The zero-order chi connectivity index (χ0) is 15.4. The molecule has 2 amide bonds. The summed E-state index contributed by atoms with van der Waals surface area (Å²) in [6.45, 7) is 11.3. The monoisotopic (exact) mass is 288 g/mol. The number of likely N-dealkylation sites (N-methyl/N-ethyl adjacent to an activating group) is 2. The van der Waals surface area contributed by atoms with Gasteiger partial charge < -0.3 is 19.3 Å². The van der Waals surface area contributed by atoms with E-state index in [9.17, 15) is 9.59 Å². The van der Waals surface area contributed by atoms with Gasteiger partial charge in [-0.2, -0.15) is 0 Å². The van der Waals surface area contributed by atoms with Gasteiger partial charge in [0.1, 0.15) is 13.2 Å². The molecule has 0 heterocycles. The Morgan fingerprint density at radius 3 is 1.25 bits per heavy atom. The average molecular weight is 288 g/mol. The molecule has 0 saturated heterocycles. The van der Waals surface area contributed by atoms with Crippen LogP contribution in [0.3, 0.4) is 0 Å². The number of hydrogen-bond donors (Lipinski definition) is 0. The van der Waals surface area contributed by atoms with E-state index < -0.39 is 0 Å². The lowest BCUT2D eigenvalue weighted by molar-refractivity contribution is -0.139. The van der Waals surface area contributed by atoms with Crippen molar-refractivity contribution < 1.29 is 19.1 Å². The molecule has 0 unspecified atom stereocenters. The van der Waals surface area contributed by atoms with Crippen LogP contribution in [0.15, 0.2) is 0 Å². The number of nitrogens with zero attached hydrogens (tertiary/aromatic N) is 2. The van der Waals surface area contributed by atoms with E-state index in [1.165, 1.54) is 0 Å². The van der Waals surface area contributed by atoms with Gasteiger partial charge in [0.05, 0.1) is 13.2 Å². The zero-order valence-corrected chi connectivity index (χ0v) is 13.2. The highest BCUT2D eigenvalue weighted by molar-refractivity contribution is 5.77. The molecule has 0 aromatic carbocycles. The van der Waals surface area contributed by atoms with E-state index >= 15 is 0 Å². The number of carbonyl (C=O) groups excluding carboxylic acids is 2. The quantitative estimate of drug-likeness (QED) is 0.527. The van der Waals surface area contributed by atoms with Crippen LogP contribution in [0.4, 0.5) is 0 Å². The molecule has 0 aliphatic heterocycles. The van der Waals surface area contributed by atoms with Gasteiger partial charge in [-0.25, -0.2) is 0 Å². The predicted molar refractivity (Wildman–Crippen MR) is 77.5 cm³/mol. The van der Waals surface area contributed by atoms with Crippen molar-refractivity contribution in [2.24, 2.45) is 0 Å². The van der Waals surface area contributed by atoms with Crippen molar-refractivity contribution in [2.75, 3.05) is 52.6 Å². The number of hydrogen-bond acceptors (Lipinski definition) is 4. The first-order chi connectivity index (χ1) is 9.60. The van der Waals surface area contributed by atoms with E-state index in [0.717, 1.165) is 0 Å². The molecule has 20 heavy (non-hydrogen) atoms. The van der Waals surface area contributed by atoms with Crippen LogP contribution in [0.2, 0.25) is 0 Å². The van der Waals surface area contributed by atoms with Crippen LogP contribution in [-0.4, -0.2) is 74.2 Å². The van der Waals surface area contributed by atoms with E-state index in [2.05, 4.69) is 0 Å². The Hall–Kier alpha value is -1.14. The summed E-state index contributed by atoms with van der Waals surface area (Å²) in [5.41, 5.74) is 0. The predicted octanol–water partition coefficient (Wildman–Crippen LogP) is 0.756. The fourth-order valence-corrected chi connectivity index (χ4v) is 1.77. The Balaban J connectivity index is 3.63. The molecule has 6 heteroatoms. The molecular weight excluding hydrogens is 260 g/mol. The molecule has 0 fully saturated rings. The molecule has 0 radical (unpaired) electrons. The molecule has 0 aliphatic carbocycles. The molecule has 118 valence electrons. The highest BCUT2D eigenvalue weighted by Crippen LogP contribution is 1.92. The van der Waals surface area contributed by atoms with E-state index in [4.69, 9.17) is 9.47 Å². The summed E-state index contributed by atoms with van der Waals surface area (Å²) < 4.78 is 10.5. The lowest BCUT2D eigenvalue weighted by Crippen LogP contribution is -2.34. The summed E-state index contributed by atoms with van der Waals surface area (Å²) in [6.07, 6.45) is 0. The van der Waals surface area contributed by atoms with Crippen molar-refractivity contribution in [3.63, 3.8) is 0 Å². The molecule has 0 aromatic rings. The SMILES string of the molecule is CCN(CC)C(=O)COCCOCC(=O)N(CC)CC. The minimum absolute atomic E-state index is 0.0192. The third kappa shape index (κ3) is 7.45. The smallest absolute Gasteiger partial charge is 0.248 e. The Labute approximate surface area is 122 Å². The standard InChI is InChI=1S/C14H28N2O4/c1-5-15(6-2)13(17)11-19-9-10-20-12-14(18)16(7-3)8-4/h5-12H2,1-4H3. The minimum Gasteiger partial charge on any atom is -0.369 e. The molecule has 0 aliphatic rings. The molecular formula is C14H28N2O4. The Morgan fingerprint density at radius 1 is 0.700 bits per heavy atom. The summed E-state index contributed by atoms with van der Waals surface area (Å²) in [4.78, 5) is 26.7. The maximum absolute atomic E-state index is 11.6. The van der Waals surface area contributed by atoms with Crippen molar-refractivity contribution >= 4 is 11.8 Å². The Kier molecular flexibility index (Phi) is 11.0. The van der Waals surface area contributed by atoms with Crippen molar-refractivity contribution in [3.05, 3.63) is 0 Å². The van der Waals surface area contributed by atoms with Crippen LogP contribution in [0.1, 0.15) is 27.7 Å².